The predicted molar refractivity (Wildman–Crippen MR) is 117 cm³/mol. The van der Waals surface area contributed by atoms with E-state index in [1.54, 1.807) is 41.8 Å². The smallest absolute Gasteiger partial charge is 0.325 e. The second kappa shape index (κ2) is 8.14. The van der Waals surface area contributed by atoms with Crippen molar-refractivity contribution in [1.29, 1.82) is 0 Å². The number of imide groups is 1. The number of thioether (sulfide) groups is 1. The second-order valence-corrected chi connectivity index (χ2v) is 8.51. The fourth-order valence-electron chi connectivity index (χ4n) is 3.83. The Labute approximate surface area is 184 Å². The summed E-state index contributed by atoms with van der Waals surface area (Å²) in [5, 5.41) is 2.73. The molecule has 2 aliphatic heterocycles. The first-order valence-corrected chi connectivity index (χ1v) is 10.8. The fourth-order valence-corrected chi connectivity index (χ4v) is 4.83. The van der Waals surface area contributed by atoms with E-state index in [9.17, 15) is 14.4 Å². The lowest BCUT2D eigenvalue weighted by Crippen LogP contribution is -2.46. The Morgan fingerprint density at radius 3 is 2.61 bits per heavy atom. The number of ether oxygens (including phenoxy) is 2. The average Bonchev–Trinajstić information content (AvgIpc) is 3.01. The number of anilines is 1. The van der Waals surface area contributed by atoms with Gasteiger partial charge in [0.2, 0.25) is 5.91 Å². The molecule has 2 heterocycles. The van der Waals surface area contributed by atoms with E-state index in [-0.39, 0.29) is 12.5 Å². The number of urea groups is 1. The molecule has 8 nitrogen and oxygen atoms in total. The molecule has 2 aliphatic rings. The summed E-state index contributed by atoms with van der Waals surface area (Å²) in [5.74, 6) is 0.928. The van der Waals surface area contributed by atoms with Crippen molar-refractivity contribution in [3.63, 3.8) is 0 Å². The molecule has 0 saturated carbocycles. The van der Waals surface area contributed by atoms with Gasteiger partial charge in [0, 0.05) is 17.2 Å². The van der Waals surface area contributed by atoms with Crippen LogP contribution in [0.15, 0.2) is 47.4 Å². The Kier molecular flexibility index (Phi) is 5.53. The van der Waals surface area contributed by atoms with Crippen molar-refractivity contribution >= 4 is 35.3 Å². The van der Waals surface area contributed by atoms with Gasteiger partial charge in [-0.15, -0.1) is 11.8 Å². The third-order valence-corrected chi connectivity index (χ3v) is 6.60. The summed E-state index contributed by atoms with van der Waals surface area (Å²) in [4.78, 5) is 42.6. The lowest BCUT2D eigenvalue weighted by Gasteiger charge is -2.30. The molecule has 162 valence electrons. The Morgan fingerprint density at radius 2 is 1.87 bits per heavy atom. The van der Waals surface area contributed by atoms with Crippen molar-refractivity contribution in [3.05, 3.63) is 48.0 Å². The lowest BCUT2D eigenvalue weighted by atomic mass is 9.91. The van der Waals surface area contributed by atoms with Crippen LogP contribution in [0.3, 0.4) is 0 Å². The van der Waals surface area contributed by atoms with Crippen LogP contribution in [0.5, 0.6) is 11.5 Å². The van der Waals surface area contributed by atoms with Crippen molar-refractivity contribution < 1.29 is 23.9 Å². The van der Waals surface area contributed by atoms with Crippen LogP contribution in [-0.2, 0) is 15.1 Å². The molecule has 9 heteroatoms. The van der Waals surface area contributed by atoms with Gasteiger partial charge in [-0.05, 0) is 36.8 Å². The number of para-hydroxylation sites is 1. The highest BCUT2D eigenvalue weighted by Gasteiger charge is 2.50. The molecule has 0 spiro atoms. The van der Waals surface area contributed by atoms with Crippen molar-refractivity contribution in [2.45, 2.75) is 17.4 Å². The van der Waals surface area contributed by atoms with E-state index < -0.39 is 17.5 Å². The normalized spacial score (nSPS) is 20.4. The molecule has 2 aromatic carbocycles. The van der Waals surface area contributed by atoms with Crippen LogP contribution >= 0.6 is 11.8 Å². The van der Waals surface area contributed by atoms with Crippen LogP contribution < -0.4 is 19.7 Å². The van der Waals surface area contributed by atoms with Crippen LogP contribution in [0.25, 0.3) is 0 Å². The SMILES string of the molecule is COc1ccc(C2(C)NC(=O)N(CC(=O)N3CCSc4ccccc43)C2=O)cc1OC. The molecule has 2 aromatic rings. The minimum absolute atomic E-state index is 0.298. The maximum Gasteiger partial charge on any atom is 0.325 e. The number of carbonyl (C=O) groups excluding carboxylic acids is 3. The van der Waals surface area contributed by atoms with Gasteiger partial charge in [-0.2, -0.15) is 0 Å². The topological polar surface area (TPSA) is 88.2 Å². The zero-order valence-corrected chi connectivity index (χ0v) is 18.3. The number of fused-ring (bicyclic) bond motifs is 1. The van der Waals surface area contributed by atoms with Gasteiger partial charge in [-0.25, -0.2) is 4.79 Å². The van der Waals surface area contributed by atoms with Gasteiger partial charge in [-0.3, -0.25) is 14.5 Å². The largest absolute Gasteiger partial charge is 0.493 e. The van der Waals surface area contributed by atoms with E-state index in [4.69, 9.17) is 9.47 Å². The van der Waals surface area contributed by atoms with E-state index in [1.807, 2.05) is 24.3 Å². The van der Waals surface area contributed by atoms with Crippen molar-refractivity contribution in [2.75, 3.05) is 38.0 Å². The molecular formula is C22H23N3O5S. The van der Waals surface area contributed by atoms with Crippen LogP contribution in [0.4, 0.5) is 10.5 Å². The summed E-state index contributed by atoms with van der Waals surface area (Å²) >= 11 is 1.68. The fraction of sp³-hybridized carbons (Fsp3) is 0.318. The van der Waals surface area contributed by atoms with Crippen molar-refractivity contribution in [1.82, 2.24) is 10.2 Å². The molecule has 4 rings (SSSR count). The number of rotatable bonds is 5. The van der Waals surface area contributed by atoms with Crippen molar-refractivity contribution in [2.24, 2.45) is 0 Å². The molecule has 0 aromatic heterocycles. The minimum atomic E-state index is -1.31. The molecule has 1 N–H and O–H groups in total. The third-order valence-electron chi connectivity index (χ3n) is 5.56. The quantitative estimate of drug-likeness (QED) is 0.718. The first-order valence-electron chi connectivity index (χ1n) is 9.78. The van der Waals surface area contributed by atoms with Crippen LogP contribution in [0.2, 0.25) is 0 Å². The Hall–Kier alpha value is -3.20. The van der Waals surface area contributed by atoms with Gasteiger partial charge in [-0.1, -0.05) is 18.2 Å². The summed E-state index contributed by atoms with van der Waals surface area (Å²) in [6.07, 6.45) is 0. The number of nitrogens with one attached hydrogen (secondary N) is 1. The standard InChI is InChI=1S/C22H23N3O5S/c1-22(14-8-9-16(29-2)17(12-14)30-3)20(27)25(21(28)23-22)13-19(26)24-10-11-31-18-7-5-4-6-15(18)24/h4-9,12H,10-11,13H2,1-3H3,(H,23,28). The van der Waals surface area contributed by atoms with Gasteiger partial charge >= 0.3 is 6.03 Å². The summed E-state index contributed by atoms with van der Waals surface area (Å²) in [6, 6.07) is 12.0. The lowest BCUT2D eigenvalue weighted by molar-refractivity contribution is -0.134. The zero-order valence-electron chi connectivity index (χ0n) is 17.5. The molecule has 1 saturated heterocycles. The molecular weight excluding hydrogens is 418 g/mol. The molecule has 1 fully saturated rings. The second-order valence-electron chi connectivity index (χ2n) is 7.38. The van der Waals surface area contributed by atoms with Gasteiger partial charge < -0.3 is 19.7 Å². The highest BCUT2D eigenvalue weighted by atomic mass is 32.2. The van der Waals surface area contributed by atoms with E-state index in [2.05, 4.69) is 5.32 Å². The van der Waals surface area contributed by atoms with Crippen molar-refractivity contribution in [3.8, 4) is 11.5 Å². The summed E-state index contributed by atoms with van der Waals surface area (Å²) in [5.41, 5.74) is 0.0312. The maximum atomic E-state index is 13.3. The van der Waals surface area contributed by atoms with E-state index in [1.165, 1.54) is 14.2 Å². The Morgan fingerprint density at radius 1 is 1.13 bits per heavy atom. The van der Waals surface area contributed by atoms with E-state index in [0.29, 0.717) is 23.6 Å². The number of hydrogen-bond acceptors (Lipinski definition) is 6. The summed E-state index contributed by atoms with van der Waals surface area (Å²) in [7, 11) is 3.02. The Balaban J connectivity index is 1.57. The highest BCUT2D eigenvalue weighted by Crippen LogP contribution is 2.37. The molecule has 0 aliphatic carbocycles. The monoisotopic (exact) mass is 441 g/mol. The number of amides is 4. The highest BCUT2D eigenvalue weighted by molar-refractivity contribution is 7.99. The molecule has 4 amide bonds. The zero-order chi connectivity index (χ0) is 22.2. The van der Waals surface area contributed by atoms with Crippen LogP contribution in [0.1, 0.15) is 12.5 Å². The third kappa shape index (κ3) is 3.59. The summed E-state index contributed by atoms with van der Waals surface area (Å²) in [6.45, 7) is 1.81. The average molecular weight is 442 g/mol. The number of hydrogen-bond donors (Lipinski definition) is 1. The molecule has 0 bridgehead atoms. The van der Waals surface area contributed by atoms with E-state index >= 15 is 0 Å². The van der Waals surface area contributed by atoms with Gasteiger partial charge in [0.1, 0.15) is 12.1 Å². The van der Waals surface area contributed by atoms with Gasteiger partial charge in [0.05, 0.1) is 19.9 Å². The number of methoxy groups -OCH3 is 2. The van der Waals surface area contributed by atoms with E-state index in [0.717, 1.165) is 21.2 Å². The molecule has 1 atom stereocenters. The molecule has 31 heavy (non-hydrogen) atoms. The maximum absolute atomic E-state index is 13.3. The first kappa shape index (κ1) is 21.0. The number of carbonyl (C=O) groups is 3. The first-order chi connectivity index (χ1) is 14.9. The van der Waals surface area contributed by atoms with Gasteiger partial charge in [0.25, 0.3) is 5.91 Å². The van der Waals surface area contributed by atoms with Gasteiger partial charge in [0.15, 0.2) is 11.5 Å². The summed E-state index contributed by atoms with van der Waals surface area (Å²) < 4.78 is 10.6. The molecule has 0 radical (unpaired) electrons. The number of benzene rings is 2. The Bertz CT molecular complexity index is 1060. The van der Waals surface area contributed by atoms with Crippen LogP contribution in [0, 0.1) is 0 Å². The minimum Gasteiger partial charge on any atom is -0.493 e. The van der Waals surface area contributed by atoms with Crippen LogP contribution in [-0.4, -0.2) is 55.8 Å². The molecule has 1 unspecified atom stereocenters. The number of nitrogens with zero attached hydrogens (tertiary/aromatic N) is 2. The predicted octanol–water partition coefficient (Wildman–Crippen LogP) is 2.61.